The van der Waals surface area contributed by atoms with Gasteiger partial charge in [0.1, 0.15) is 0 Å². The van der Waals surface area contributed by atoms with E-state index in [1.807, 2.05) is 0 Å². The van der Waals surface area contributed by atoms with Crippen molar-refractivity contribution in [3.05, 3.63) is 161 Å². The number of allylic oxidation sites excluding steroid dienone is 14. The largest absolute Gasteiger partial charge is 0.364 e. The van der Waals surface area contributed by atoms with Crippen LogP contribution in [-0.2, 0) is 0 Å². The molecule has 8 unspecified atom stereocenters. The summed E-state index contributed by atoms with van der Waals surface area (Å²) in [4.78, 5) is 5.75. The summed E-state index contributed by atoms with van der Waals surface area (Å²) in [7, 11) is 0. The van der Waals surface area contributed by atoms with Gasteiger partial charge in [-0.25, -0.2) is 0 Å². The van der Waals surface area contributed by atoms with Gasteiger partial charge in [0.25, 0.3) is 0 Å². The van der Waals surface area contributed by atoms with Gasteiger partial charge in [-0.3, -0.25) is 0 Å². The fraction of sp³-hybridized carbons (Fsp3) is 0.429. The van der Waals surface area contributed by atoms with Crippen molar-refractivity contribution in [1.29, 1.82) is 0 Å². The molecule has 1 saturated heterocycles. The highest BCUT2D eigenvalue weighted by Crippen LogP contribution is 2.51. The number of nitrogens with zero attached hydrogens (tertiary/aromatic N) is 2. The Balaban J connectivity index is 1.02. The van der Waals surface area contributed by atoms with Crippen LogP contribution in [0, 0.1) is 29.6 Å². The van der Waals surface area contributed by atoms with E-state index in [4.69, 9.17) is 0 Å². The van der Waals surface area contributed by atoms with E-state index in [0.29, 0.717) is 53.8 Å². The van der Waals surface area contributed by atoms with Crippen LogP contribution in [0.4, 0.5) is 0 Å². The van der Waals surface area contributed by atoms with Crippen LogP contribution in [0.3, 0.4) is 0 Å². The Morgan fingerprint density at radius 1 is 0.706 bits per heavy atom. The standard InChI is InChI=1S/C49H54N2/c1-33-21-24-43-45-26-23-36(31-48(45)50(47(43)27-33)40-17-9-4-10-18-40)37-22-25-44-42-19-11-12-20-46(42)51(49(44)32-37)41-29-38(34-13-5-2-6-14-34)28-39(30-41)35-15-7-3-8-16-35/h2,4-6,9,12-15,17,20-26,29,31-33,39,41,43-45,47-49H,3,7-8,10-11,16,18-19,27-28,30H2,1H3/t33-,39?,41?,43?,44?,45?,47?,48?,49?/m1/s1. The van der Waals surface area contributed by atoms with Crippen molar-refractivity contribution in [1.82, 2.24) is 9.80 Å². The minimum atomic E-state index is 0.361. The molecular formula is C49H54N2. The SMILES string of the molecule is C[C@@H]1C=CC2C3C=CC(C4=CC5C(C=C4)C4=C(C=CCC4)N5C4C=C(c5ccccc5)CC(C5=CCCCC5)C4)=CC3N(C3=CC=CCC3)C2C1. The fourth-order valence-corrected chi connectivity index (χ4v) is 11.5. The van der Waals surface area contributed by atoms with E-state index < -0.39 is 0 Å². The first-order valence-corrected chi connectivity index (χ1v) is 20.5. The second-order valence-electron chi connectivity index (χ2n) is 16.9. The Labute approximate surface area is 306 Å². The van der Waals surface area contributed by atoms with Crippen LogP contribution < -0.4 is 0 Å². The van der Waals surface area contributed by atoms with Crippen molar-refractivity contribution in [3.8, 4) is 0 Å². The molecule has 9 aliphatic rings. The normalized spacial score (nSPS) is 36.5. The average Bonchev–Trinajstić information content (AvgIpc) is 3.70. The average molecular weight is 671 g/mol. The summed E-state index contributed by atoms with van der Waals surface area (Å²) in [5, 5.41) is 0. The summed E-state index contributed by atoms with van der Waals surface area (Å²) >= 11 is 0. The molecule has 0 spiro atoms. The van der Waals surface area contributed by atoms with Gasteiger partial charge < -0.3 is 9.80 Å². The Morgan fingerprint density at radius 2 is 1.57 bits per heavy atom. The van der Waals surface area contributed by atoms with Crippen molar-refractivity contribution in [2.75, 3.05) is 0 Å². The van der Waals surface area contributed by atoms with E-state index in [1.54, 1.807) is 22.4 Å². The van der Waals surface area contributed by atoms with E-state index in [-0.39, 0.29) is 0 Å². The number of hydrogen-bond donors (Lipinski definition) is 0. The number of rotatable bonds is 5. The van der Waals surface area contributed by atoms with Crippen molar-refractivity contribution in [3.63, 3.8) is 0 Å². The van der Waals surface area contributed by atoms with Crippen molar-refractivity contribution >= 4 is 5.57 Å². The zero-order valence-corrected chi connectivity index (χ0v) is 30.4. The summed E-state index contributed by atoms with van der Waals surface area (Å²) < 4.78 is 0. The number of likely N-dealkylation sites (tertiary alicyclic amines) is 1. The third-order valence-corrected chi connectivity index (χ3v) is 13.9. The first kappa shape index (κ1) is 31.7. The predicted molar refractivity (Wildman–Crippen MR) is 212 cm³/mol. The van der Waals surface area contributed by atoms with E-state index >= 15 is 0 Å². The van der Waals surface area contributed by atoms with Gasteiger partial charge in [-0.05, 0) is 122 Å². The maximum Gasteiger partial charge on any atom is 0.0589 e. The summed E-state index contributed by atoms with van der Waals surface area (Å²) in [6.45, 7) is 2.40. The summed E-state index contributed by atoms with van der Waals surface area (Å²) in [6.07, 6.45) is 51.5. The summed E-state index contributed by atoms with van der Waals surface area (Å²) in [5.74, 6) is 2.89. The summed E-state index contributed by atoms with van der Waals surface area (Å²) in [6, 6.07) is 13.1. The molecule has 2 heteroatoms. The van der Waals surface area contributed by atoms with Gasteiger partial charge in [-0.1, -0.05) is 122 Å². The Kier molecular flexibility index (Phi) is 8.19. The number of fused-ring (bicyclic) bond motifs is 5. The molecule has 1 aromatic rings. The van der Waals surface area contributed by atoms with E-state index in [1.165, 1.54) is 80.2 Å². The molecule has 1 aromatic carbocycles. The first-order valence-electron chi connectivity index (χ1n) is 20.5. The quantitative estimate of drug-likeness (QED) is 0.288. The van der Waals surface area contributed by atoms with Gasteiger partial charge in [0, 0.05) is 41.2 Å². The highest BCUT2D eigenvalue weighted by Gasteiger charge is 2.49. The molecule has 2 aliphatic heterocycles. The van der Waals surface area contributed by atoms with Crippen LogP contribution in [0.25, 0.3) is 5.57 Å². The van der Waals surface area contributed by atoms with Crippen molar-refractivity contribution in [2.24, 2.45) is 29.6 Å². The van der Waals surface area contributed by atoms with Crippen molar-refractivity contribution < 1.29 is 0 Å². The highest BCUT2D eigenvalue weighted by atomic mass is 15.2. The van der Waals surface area contributed by atoms with Gasteiger partial charge in [-0.15, -0.1) is 0 Å². The van der Waals surface area contributed by atoms with Gasteiger partial charge in [0.15, 0.2) is 0 Å². The van der Waals surface area contributed by atoms with Crippen LogP contribution in [0.15, 0.2) is 155 Å². The van der Waals surface area contributed by atoms with E-state index in [0.717, 1.165) is 12.8 Å². The maximum absolute atomic E-state index is 2.88. The lowest BCUT2D eigenvalue weighted by Gasteiger charge is -2.42. The summed E-state index contributed by atoms with van der Waals surface area (Å²) in [5.41, 5.74) is 12.3. The number of benzene rings is 1. The molecule has 10 rings (SSSR count). The second-order valence-corrected chi connectivity index (χ2v) is 16.9. The molecule has 0 aromatic heterocycles. The van der Waals surface area contributed by atoms with Gasteiger partial charge >= 0.3 is 0 Å². The third kappa shape index (κ3) is 5.60. The van der Waals surface area contributed by atoms with E-state index in [2.05, 4.69) is 138 Å². The molecule has 0 radical (unpaired) electrons. The first-order chi connectivity index (χ1) is 25.2. The van der Waals surface area contributed by atoms with Crippen LogP contribution in [-0.4, -0.2) is 34.0 Å². The molecule has 1 fully saturated rings. The molecule has 2 heterocycles. The molecule has 260 valence electrons. The van der Waals surface area contributed by atoms with Crippen LogP contribution >= 0.6 is 0 Å². The van der Waals surface area contributed by atoms with Crippen LogP contribution in [0.2, 0.25) is 0 Å². The highest BCUT2D eigenvalue weighted by molar-refractivity contribution is 5.68. The van der Waals surface area contributed by atoms with Gasteiger partial charge in [-0.2, -0.15) is 0 Å². The minimum absolute atomic E-state index is 0.361. The fourth-order valence-electron chi connectivity index (χ4n) is 11.5. The van der Waals surface area contributed by atoms with Crippen molar-refractivity contribution in [2.45, 2.75) is 102 Å². The van der Waals surface area contributed by atoms with Gasteiger partial charge in [0.2, 0.25) is 0 Å². The van der Waals surface area contributed by atoms with Gasteiger partial charge in [0.05, 0.1) is 12.1 Å². The molecule has 0 amide bonds. The minimum Gasteiger partial charge on any atom is -0.364 e. The molecule has 9 atom stereocenters. The molecule has 51 heavy (non-hydrogen) atoms. The lowest BCUT2D eigenvalue weighted by atomic mass is 9.75. The number of hydrogen-bond acceptors (Lipinski definition) is 2. The molecule has 0 bridgehead atoms. The smallest absolute Gasteiger partial charge is 0.0589 e. The molecular weight excluding hydrogens is 617 g/mol. The topological polar surface area (TPSA) is 6.48 Å². The Morgan fingerprint density at radius 3 is 2.41 bits per heavy atom. The third-order valence-electron chi connectivity index (χ3n) is 13.9. The maximum atomic E-state index is 2.88. The molecule has 0 N–H and O–H groups in total. The molecule has 0 saturated carbocycles. The second kappa shape index (κ2) is 13.2. The lowest BCUT2D eigenvalue weighted by molar-refractivity contribution is 0.224. The Bertz CT molecular complexity index is 1900. The lowest BCUT2D eigenvalue weighted by Crippen LogP contribution is -2.42. The van der Waals surface area contributed by atoms with E-state index in [9.17, 15) is 0 Å². The van der Waals surface area contributed by atoms with Crippen LogP contribution in [0.1, 0.15) is 83.1 Å². The Hall–Kier alpha value is -4.04. The zero-order valence-electron chi connectivity index (χ0n) is 30.4. The molecule has 7 aliphatic carbocycles. The predicted octanol–water partition coefficient (Wildman–Crippen LogP) is 11.4. The molecule has 2 nitrogen and oxygen atoms in total. The van der Waals surface area contributed by atoms with Crippen LogP contribution in [0.5, 0.6) is 0 Å². The zero-order chi connectivity index (χ0) is 33.9. The monoisotopic (exact) mass is 670 g/mol.